The normalized spacial score (nSPS) is 30.7. The van der Waals surface area contributed by atoms with E-state index in [1.165, 1.54) is 0 Å². The lowest BCUT2D eigenvalue weighted by molar-refractivity contribution is 0.265. The average molecular weight is 185 g/mol. The molecule has 2 atom stereocenters. The zero-order valence-electron chi connectivity index (χ0n) is 9.25. The fourth-order valence-electron chi connectivity index (χ4n) is 1.89. The van der Waals surface area contributed by atoms with Crippen molar-refractivity contribution in [3.05, 3.63) is 0 Å². The molecule has 0 amide bonds. The van der Waals surface area contributed by atoms with Crippen LogP contribution < -0.4 is 11.1 Å². The van der Waals surface area contributed by atoms with Gasteiger partial charge in [-0.15, -0.1) is 0 Å². The van der Waals surface area contributed by atoms with Gasteiger partial charge < -0.3 is 11.1 Å². The third-order valence-electron chi connectivity index (χ3n) is 2.67. The van der Waals surface area contributed by atoms with Gasteiger partial charge in [0.2, 0.25) is 0 Å². The van der Waals surface area contributed by atoms with Crippen molar-refractivity contribution in [1.82, 2.24) is 10.2 Å². The topological polar surface area (TPSA) is 41.3 Å². The van der Waals surface area contributed by atoms with Crippen LogP contribution in [0.15, 0.2) is 0 Å². The minimum absolute atomic E-state index is 0.296. The fourth-order valence-corrected chi connectivity index (χ4v) is 1.89. The molecule has 1 aliphatic heterocycles. The second-order valence-electron chi connectivity index (χ2n) is 4.64. The van der Waals surface area contributed by atoms with Gasteiger partial charge in [0.25, 0.3) is 0 Å². The smallest absolute Gasteiger partial charge is 0.0361 e. The standard InChI is InChI=1S/C10H23N3/c1-7(2)12-10-6-13(8(3)4)5-9(10)11/h7-10,12H,5-6,11H2,1-4H3/t9-,10-/m0/s1. The quantitative estimate of drug-likeness (QED) is 0.669. The predicted octanol–water partition coefficient (Wildman–Crippen LogP) is 0.404. The summed E-state index contributed by atoms with van der Waals surface area (Å²) in [5.74, 6) is 0. The van der Waals surface area contributed by atoms with E-state index in [0.29, 0.717) is 24.2 Å². The number of likely N-dealkylation sites (tertiary alicyclic amines) is 1. The number of nitrogens with zero attached hydrogens (tertiary/aromatic N) is 1. The van der Waals surface area contributed by atoms with E-state index in [0.717, 1.165) is 13.1 Å². The number of nitrogens with one attached hydrogen (secondary N) is 1. The second-order valence-corrected chi connectivity index (χ2v) is 4.64. The van der Waals surface area contributed by atoms with Crippen LogP contribution in [0.25, 0.3) is 0 Å². The first-order valence-corrected chi connectivity index (χ1v) is 5.26. The van der Waals surface area contributed by atoms with Crippen molar-refractivity contribution < 1.29 is 0 Å². The Balaban J connectivity index is 2.42. The van der Waals surface area contributed by atoms with Crippen LogP contribution in [0.4, 0.5) is 0 Å². The summed E-state index contributed by atoms with van der Waals surface area (Å²) in [6.07, 6.45) is 0. The molecule has 1 saturated heterocycles. The Kier molecular flexibility index (Phi) is 3.71. The Bertz CT molecular complexity index is 156. The fraction of sp³-hybridized carbons (Fsp3) is 1.00. The minimum atomic E-state index is 0.296. The molecule has 13 heavy (non-hydrogen) atoms. The van der Waals surface area contributed by atoms with Crippen LogP contribution in [0.1, 0.15) is 27.7 Å². The molecule has 1 aliphatic rings. The largest absolute Gasteiger partial charge is 0.325 e. The second kappa shape index (κ2) is 4.40. The van der Waals surface area contributed by atoms with Gasteiger partial charge >= 0.3 is 0 Å². The molecule has 0 bridgehead atoms. The van der Waals surface area contributed by atoms with Crippen molar-refractivity contribution in [2.24, 2.45) is 5.73 Å². The first-order chi connectivity index (χ1) is 6.00. The summed E-state index contributed by atoms with van der Waals surface area (Å²) >= 11 is 0. The lowest BCUT2D eigenvalue weighted by Gasteiger charge is -2.21. The number of hydrogen-bond acceptors (Lipinski definition) is 3. The molecule has 1 heterocycles. The van der Waals surface area contributed by atoms with Crippen LogP contribution in [-0.4, -0.2) is 42.2 Å². The van der Waals surface area contributed by atoms with Gasteiger partial charge in [-0.05, 0) is 13.8 Å². The van der Waals surface area contributed by atoms with E-state index in [1.54, 1.807) is 0 Å². The van der Waals surface area contributed by atoms with Crippen molar-refractivity contribution in [2.45, 2.75) is 51.9 Å². The molecule has 3 nitrogen and oxygen atoms in total. The Morgan fingerprint density at radius 3 is 2.23 bits per heavy atom. The van der Waals surface area contributed by atoms with E-state index in [4.69, 9.17) is 5.73 Å². The maximum absolute atomic E-state index is 6.05. The van der Waals surface area contributed by atoms with Crippen molar-refractivity contribution >= 4 is 0 Å². The molecule has 0 saturated carbocycles. The molecular formula is C10H23N3. The highest BCUT2D eigenvalue weighted by molar-refractivity contribution is 4.93. The van der Waals surface area contributed by atoms with E-state index in [2.05, 4.69) is 37.9 Å². The summed E-state index contributed by atoms with van der Waals surface area (Å²) < 4.78 is 0. The van der Waals surface area contributed by atoms with Crippen molar-refractivity contribution in [3.63, 3.8) is 0 Å². The predicted molar refractivity (Wildman–Crippen MR) is 56.7 cm³/mol. The Hall–Kier alpha value is -0.120. The van der Waals surface area contributed by atoms with Crippen molar-refractivity contribution in [2.75, 3.05) is 13.1 Å². The van der Waals surface area contributed by atoms with Gasteiger partial charge in [0.1, 0.15) is 0 Å². The molecular weight excluding hydrogens is 162 g/mol. The van der Waals surface area contributed by atoms with E-state index >= 15 is 0 Å². The molecule has 1 rings (SSSR count). The SMILES string of the molecule is CC(C)N[C@H]1CN(C(C)C)C[C@@H]1N. The van der Waals surface area contributed by atoms with Gasteiger partial charge in [0.05, 0.1) is 0 Å². The monoisotopic (exact) mass is 185 g/mol. The van der Waals surface area contributed by atoms with Gasteiger partial charge in [0, 0.05) is 37.3 Å². The molecule has 0 aromatic carbocycles. The van der Waals surface area contributed by atoms with E-state index < -0.39 is 0 Å². The van der Waals surface area contributed by atoms with Crippen LogP contribution in [0.2, 0.25) is 0 Å². The van der Waals surface area contributed by atoms with Gasteiger partial charge in [0.15, 0.2) is 0 Å². The molecule has 0 unspecified atom stereocenters. The summed E-state index contributed by atoms with van der Waals surface area (Å²) in [5, 5.41) is 3.51. The lowest BCUT2D eigenvalue weighted by Crippen LogP contribution is -2.46. The maximum atomic E-state index is 6.05. The van der Waals surface area contributed by atoms with Crippen LogP contribution >= 0.6 is 0 Å². The number of nitrogens with two attached hydrogens (primary N) is 1. The van der Waals surface area contributed by atoms with Crippen LogP contribution in [0.3, 0.4) is 0 Å². The maximum Gasteiger partial charge on any atom is 0.0361 e. The Morgan fingerprint density at radius 1 is 1.23 bits per heavy atom. The zero-order valence-corrected chi connectivity index (χ0v) is 9.25. The molecule has 78 valence electrons. The highest BCUT2D eigenvalue weighted by Gasteiger charge is 2.31. The highest BCUT2D eigenvalue weighted by Crippen LogP contribution is 2.12. The van der Waals surface area contributed by atoms with Crippen molar-refractivity contribution in [3.8, 4) is 0 Å². The number of rotatable bonds is 3. The van der Waals surface area contributed by atoms with Crippen LogP contribution in [0, 0.1) is 0 Å². The summed E-state index contributed by atoms with van der Waals surface area (Å²) in [4.78, 5) is 2.44. The third-order valence-corrected chi connectivity index (χ3v) is 2.67. The van der Waals surface area contributed by atoms with E-state index in [-0.39, 0.29) is 0 Å². The molecule has 0 aromatic heterocycles. The summed E-state index contributed by atoms with van der Waals surface area (Å²) in [7, 11) is 0. The third kappa shape index (κ3) is 2.93. The molecule has 0 aliphatic carbocycles. The lowest BCUT2D eigenvalue weighted by atomic mass is 10.1. The average Bonchev–Trinajstić information content (AvgIpc) is 2.31. The molecule has 0 aromatic rings. The molecule has 3 N–H and O–H groups in total. The molecule has 1 fully saturated rings. The Morgan fingerprint density at radius 2 is 1.85 bits per heavy atom. The number of hydrogen-bond donors (Lipinski definition) is 2. The van der Waals surface area contributed by atoms with Crippen LogP contribution in [-0.2, 0) is 0 Å². The first kappa shape index (κ1) is 11.0. The van der Waals surface area contributed by atoms with Crippen molar-refractivity contribution in [1.29, 1.82) is 0 Å². The van der Waals surface area contributed by atoms with Gasteiger partial charge in [-0.1, -0.05) is 13.8 Å². The minimum Gasteiger partial charge on any atom is -0.325 e. The van der Waals surface area contributed by atoms with E-state index in [1.807, 2.05) is 0 Å². The highest BCUT2D eigenvalue weighted by atomic mass is 15.2. The van der Waals surface area contributed by atoms with Gasteiger partial charge in [-0.3, -0.25) is 4.90 Å². The molecule has 3 heteroatoms. The van der Waals surface area contributed by atoms with Gasteiger partial charge in [-0.2, -0.15) is 0 Å². The zero-order chi connectivity index (χ0) is 10.0. The first-order valence-electron chi connectivity index (χ1n) is 5.26. The van der Waals surface area contributed by atoms with Crippen LogP contribution in [0.5, 0.6) is 0 Å². The van der Waals surface area contributed by atoms with Gasteiger partial charge in [-0.25, -0.2) is 0 Å². The summed E-state index contributed by atoms with van der Waals surface area (Å²) in [6, 6.07) is 1.92. The summed E-state index contributed by atoms with van der Waals surface area (Å²) in [6.45, 7) is 10.9. The molecule has 0 spiro atoms. The summed E-state index contributed by atoms with van der Waals surface area (Å²) in [5.41, 5.74) is 6.05. The molecule has 0 radical (unpaired) electrons. The van der Waals surface area contributed by atoms with E-state index in [9.17, 15) is 0 Å². The Labute approximate surface area is 81.7 Å².